The zero-order chi connectivity index (χ0) is 25.1. The third-order valence-corrected chi connectivity index (χ3v) is 6.27. The predicted molar refractivity (Wildman–Crippen MR) is 135 cm³/mol. The fraction of sp³-hybridized carbons (Fsp3) is 0.120. The Balaban J connectivity index is 1.60. The molecule has 2 heterocycles. The average Bonchev–Trinajstić information content (AvgIpc) is 3.28. The Morgan fingerprint density at radius 3 is 2.46 bits per heavy atom. The maximum Gasteiger partial charge on any atom is 0.250 e. The van der Waals surface area contributed by atoms with Crippen molar-refractivity contribution in [2.45, 2.75) is 19.9 Å². The first-order chi connectivity index (χ1) is 16.7. The summed E-state index contributed by atoms with van der Waals surface area (Å²) in [5, 5.41) is 4.72. The number of hydrogen-bond acceptors (Lipinski definition) is 8. The lowest BCUT2D eigenvalue weighted by Crippen LogP contribution is -2.45. The number of nitrogens with two attached hydrogens (primary N) is 2. The number of carbonyl (C=O) groups excluding carboxylic acids is 2. The summed E-state index contributed by atoms with van der Waals surface area (Å²) in [6, 6.07) is 14.0. The van der Waals surface area contributed by atoms with Crippen LogP contribution in [0.4, 0.5) is 20.8 Å². The van der Waals surface area contributed by atoms with Crippen LogP contribution in [0.25, 0.3) is 11.1 Å². The Morgan fingerprint density at radius 2 is 1.86 bits per heavy atom. The number of anilines is 3. The highest BCUT2D eigenvalue weighted by Crippen LogP contribution is 2.31. The normalized spacial score (nSPS) is 11.7. The smallest absolute Gasteiger partial charge is 0.250 e. The molecule has 0 radical (unpaired) electrons. The van der Waals surface area contributed by atoms with Gasteiger partial charge in [0.1, 0.15) is 16.9 Å². The molecule has 178 valence electrons. The molecule has 8 nitrogen and oxygen atoms in total. The van der Waals surface area contributed by atoms with E-state index in [9.17, 15) is 14.0 Å². The molecule has 1 amide bonds. The molecule has 1 atom stereocenters. The molecule has 0 saturated carbocycles. The van der Waals surface area contributed by atoms with E-state index in [1.807, 2.05) is 31.2 Å². The summed E-state index contributed by atoms with van der Waals surface area (Å²) < 4.78 is 19.1. The van der Waals surface area contributed by atoms with Crippen LogP contribution in [-0.2, 0) is 0 Å². The highest BCUT2D eigenvalue weighted by molar-refractivity contribution is 7.10. The van der Waals surface area contributed by atoms with E-state index in [1.54, 1.807) is 37.5 Å². The number of nitrogens with one attached hydrogen (secondary N) is 1. The fourth-order valence-corrected chi connectivity index (χ4v) is 4.23. The van der Waals surface area contributed by atoms with Gasteiger partial charge in [-0.25, -0.2) is 10.2 Å². The molecular weight excluding hydrogens is 467 g/mol. The third-order valence-electron chi connectivity index (χ3n) is 5.48. The molecule has 2 aromatic carbocycles. The molecule has 0 bridgehead atoms. The van der Waals surface area contributed by atoms with Gasteiger partial charge in [-0.2, -0.15) is 4.37 Å². The average molecular weight is 491 g/mol. The number of hydrogen-bond donors (Lipinski definition) is 3. The van der Waals surface area contributed by atoms with E-state index >= 15 is 0 Å². The van der Waals surface area contributed by atoms with Crippen molar-refractivity contribution in [2.75, 3.05) is 10.3 Å². The topological polar surface area (TPSA) is 127 Å². The van der Waals surface area contributed by atoms with Gasteiger partial charge < -0.3 is 11.1 Å². The van der Waals surface area contributed by atoms with Crippen LogP contribution in [0.15, 0.2) is 67.0 Å². The van der Waals surface area contributed by atoms with Gasteiger partial charge in [-0.15, -0.1) is 0 Å². The van der Waals surface area contributed by atoms with Crippen molar-refractivity contribution in [3.63, 3.8) is 0 Å². The molecule has 5 N–H and O–H groups in total. The Hall–Kier alpha value is -4.15. The Morgan fingerprint density at radius 1 is 1.11 bits per heavy atom. The number of carbonyl (C=O) groups is 2. The maximum absolute atomic E-state index is 15.0. The number of amides is 1. The molecule has 10 heteroatoms. The van der Waals surface area contributed by atoms with Crippen LogP contribution in [0.2, 0.25) is 0 Å². The lowest BCUT2D eigenvalue weighted by molar-refractivity contribution is 0.0962. The van der Waals surface area contributed by atoms with E-state index in [4.69, 9.17) is 11.6 Å². The van der Waals surface area contributed by atoms with Crippen LogP contribution in [0.1, 0.15) is 33.3 Å². The quantitative estimate of drug-likeness (QED) is 0.189. The van der Waals surface area contributed by atoms with Gasteiger partial charge in [-0.05, 0) is 60.8 Å². The monoisotopic (exact) mass is 490 g/mol. The summed E-state index contributed by atoms with van der Waals surface area (Å²) in [5.74, 6) is 4.32. The minimum absolute atomic E-state index is 0.0457. The van der Waals surface area contributed by atoms with Gasteiger partial charge in [0.25, 0.3) is 5.91 Å². The number of aryl methyl sites for hydroxylation is 1. The highest BCUT2D eigenvalue weighted by atomic mass is 32.1. The summed E-state index contributed by atoms with van der Waals surface area (Å²) in [4.78, 5) is 29.1. The van der Waals surface area contributed by atoms with E-state index in [2.05, 4.69) is 14.7 Å². The number of aromatic nitrogens is 2. The summed E-state index contributed by atoms with van der Waals surface area (Å²) in [6.45, 7) is 3.41. The van der Waals surface area contributed by atoms with Crippen LogP contribution in [0.3, 0.4) is 0 Å². The van der Waals surface area contributed by atoms with Gasteiger partial charge in [-0.3, -0.25) is 19.6 Å². The molecule has 4 rings (SSSR count). The largest absolute Gasteiger partial charge is 0.366 e. The van der Waals surface area contributed by atoms with Gasteiger partial charge >= 0.3 is 0 Å². The first kappa shape index (κ1) is 24.0. The first-order valence-corrected chi connectivity index (χ1v) is 11.4. The molecule has 35 heavy (non-hydrogen) atoms. The van der Waals surface area contributed by atoms with Crippen LogP contribution in [0, 0.1) is 12.7 Å². The second-order valence-electron chi connectivity index (χ2n) is 7.94. The Bertz CT molecular complexity index is 1370. The maximum atomic E-state index is 15.0. The second-order valence-corrected chi connectivity index (χ2v) is 8.74. The minimum Gasteiger partial charge on any atom is -0.366 e. The van der Waals surface area contributed by atoms with Crippen LogP contribution >= 0.6 is 11.5 Å². The van der Waals surface area contributed by atoms with Gasteiger partial charge in [0.2, 0.25) is 0 Å². The number of rotatable bonds is 8. The number of benzene rings is 2. The number of ketones is 1. The van der Waals surface area contributed by atoms with Crippen molar-refractivity contribution in [1.29, 1.82) is 0 Å². The minimum atomic E-state index is -0.897. The standard InChI is InChI=1S/C25H23FN6O2S/c1-14-10-23(35-31-14)30-21-12-22(20(26)11-19(21)25(27)34)32(28)15(2)24(33)17-7-5-16(6-8-17)18-4-3-9-29-13-18/h3-13,15,30H,28H2,1-2H3,(H2,27,34). The van der Waals surface area contributed by atoms with Gasteiger partial charge in [0.05, 0.1) is 22.6 Å². The SMILES string of the molecule is Cc1cc(Nc2cc(N(N)C(C)C(=O)c3ccc(-c4cccnc4)cc3)c(F)cc2C(N)=O)sn1. The number of nitrogens with zero attached hydrogens (tertiary/aromatic N) is 3. The summed E-state index contributed by atoms with van der Waals surface area (Å²) in [7, 11) is 0. The van der Waals surface area contributed by atoms with E-state index in [0.717, 1.165) is 27.9 Å². The van der Waals surface area contributed by atoms with Gasteiger partial charge in [0.15, 0.2) is 5.78 Å². The molecule has 0 aliphatic rings. The van der Waals surface area contributed by atoms with E-state index in [1.165, 1.54) is 17.6 Å². The van der Waals surface area contributed by atoms with E-state index < -0.39 is 17.8 Å². The van der Waals surface area contributed by atoms with Crippen LogP contribution < -0.4 is 21.9 Å². The van der Waals surface area contributed by atoms with Crippen molar-refractivity contribution in [3.8, 4) is 11.1 Å². The zero-order valence-corrected chi connectivity index (χ0v) is 19.8. The van der Waals surface area contributed by atoms with Gasteiger partial charge in [-0.1, -0.05) is 30.3 Å². The van der Waals surface area contributed by atoms with E-state index in [0.29, 0.717) is 10.6 Å². The molecule has 0 saturated heterocycles. The zero-order valence-electron chi connectivity index (χ0n) is 19.0. The molecule has 4 aromatic rings. The van der Waals surface area contributed by atoms with Crippen LogP contribution in [0.5, 0.6) is 0 Å². The molecule has 0 spiro atoms. The van der Waals surface area contributed by atoms with E-state index in [-0.39, 0.29) is 22.7 Å². The van der Waals surface area contributed by atoms with Crippen molar-refractivity contribution in [3.05, 3.63) is 89.6 Å². The third kappa shape index (κ3) is 5.18. The molecular formula is C25H23FN6O2S. The molecule has 0 fully saturated rings. The number of hydrazine groups is 1. The van der Waals surface area contributed by atoms with Crippen LogP contribution in [-0.4, -0.2) is 27.1 Å². The van der Waals surface area contributed by atoms with Crippen molar-refractivity contribution >= 4 is 39.6 Å². The number of Topliss-reactive ketones (excluding diaryl/α,β-unsaturated/α-hetero) is 1. The lowest BCUT2D eigenvalue weighted by Gasteiger charge is -2.26. The molecule has 0 aliphatic carbocycles. The first-order valence-electron chi connectivity index (χ1n) is 10.7. The number of halogens is 1. The van der Waals surface area contributed by atoms with Gasteiger partial charge in [0, 0.05) is 18.0 Å². The summed E-state index contributed by atoms with van der Waals surface area (Å²) in [6.07, 6.45) is 3.42. The molecule has 2 aromatic heterocycles. The van der Waals surface area contributed by atoms with Crippen molar-refractivity contribution < 1.29 is 14.0 Å². The Kier molecular flexibility index (Phi) is 6.85. The Labute approximate surface area is 205 Å². The lowest BCUT2D eigenvalue weighted by atomic mass is 10.0. The number of primary amides is 1. The second kappa shape index (κ2) is 10.00. The summed E-state index contributed by atoms with van der Waals surface area (Å²) in [5.41, 5.74) is 8.64. The highest BCUT2D eigenvalue weighted by Gasteiger charge is 2.25. The summed E-state index contributed by atoms with van der Waals surface area (Å²) >= 11 is 1.18. The van der Waals surface area contributed by atoms with Crippen molar-refractivity contribution in [2.24, 2.45) is 11.6 Å². The molecule has 0 aliphatic heterocycles. The predicted octanol–water partition coefficient (Wildman–Crippen LogP) is 4.45. The fourth-order valence-electron chi connectivity index (χ4n) is 3.56. The van der Waals surface area contributed by atoms with Crippen molar-refractivity contribution in [1.82, 2.24) is 9.36 Å². The number of pyridine rings is 1. The molecule has 1 unspecified atom stereocenters.